The van der Waals surface area contributed by atoms with E-state index < -0.39 is 97.5 Å². The smallest absolute Gasteiger partial charge is 0.462 e. The van der Waals surface area contributed by atoms with E-state index >= 15 is 0 Å². The number of hydrogen-bond donors (Lipinski definition) is 3. The van der Waals surface area contributed by atoms with Gasteiger partial charge in [-0.15, -0.1) is 0 Å². The van der Waals surface area contributed by atoms with E-state index in [4.69, 9.17) is 37.0 Å². The fourth-order valence-corrected chi connectivity index (χ4v) is 12.4. The zero-order valence-corrected chi connectivity index (χ0v) is 64.3. The molecule has 98 heavy (non-hydrogen) atoms. The molecule has 0 saturated carbocycles. The van der Waals surface area contributed by atoms with Crippen LogP contribution in [0.2, 0.25) is 0 Å². The highest BCUT2D eigenvalue weighted by molar-refractivity contribution is 7.47. The Morgan fingerprint density at radius 3 is 0.796 bits per heavy atom. The monoisotopic (exact) mass is 1430 g/mol. The number of ether oxygens (including phenoxy) is 4. The lowest BCUT2D eigenvalue weighted by Gasteiger charge is -2.21. The maximum atomic E-state index is 13.1. The lowest BCUT2D eigenvalue weighted by Crippen LogP contribution is -2.30. The molecule has 3 N–H and O–H groups in total. The number of allylic oxidation sites excluding steroid dienone is 10. The van der Waals surface area contributed by atoms with E-state index in [2.05, 4.69) is 88.5 Å². The van der Waals surface area contributed by atoms with E-state index in [1.54, 1.807) is 0 Å². The van der Waals surface area contributed by atoms with Gasteiger partial charge in [-0.2, -0.15) is 0 Å². The minimum atomic E-state index is -4.98. The SMILES string of the molecule is CCCCC/C=C\C/C=C\CCCCCCCC(=O)OC[C@H](COP(=O)(O)OC[C@@H](O)COP(=O)(O)OC[C@@H](COC(=O)CCCCCCC/C=C\CCCCCC)OC(=O)CCCCCCCCCCCCCCCCC)OC(=O)CCCCCCC/C=C\C/C=C\CCCCC. The van der Waals surface area contributed by atoms with Gasteiger partial charge in [-0.3, -0.25) is 37.3 Å². The van der Waals surface area contributed by atoms with Crippen molar-refractivity contribution in [3.8, 4) is 0 Å². The summed E-state index contributed by atoms with van der Waals surface area (Å²) in [6, 6.07) is 0. The molecule has 0 fully saturated rings. The Kier molecular flexibility index (Phi) is 69.7. The zero-order valence-electron chi connectivity index (χ0n) is 62.5. The molecule has 0 aromatic heterocycles. The van der Waals surface area contributed by atoms with E-state index in [-0.39, 0.29) is 25.7 Å². The minimum absolute atomic E-state index is 0.0793. The van der Waals surface area contributed by atoms with Crippen LogP contribution in [0.15, 0.2) is 60.8 Å². The Labute approximate surface area is 597 Å². The van der Waals surface area contributed by atoms with Crippen molar-refractivity contribution in [1.82, 2.24) is 0 Å². The molecule has 5 atom stereocenters. The zero-order chi connectivity index (χ0) is 71.8. The van der Waals surface area contributed by atoms with Gasteiger partial charge in [0.25, 0.3) is 0 Å². The van der Waals surface area contributed by atoms with Crippen LogP contribution in [0.5, 0.6) is 0 Å². The highest BCUT2D eigenvalue weighted by Gasteiger charge is 2.30. The molecule has 0 aliphatic carbocycles. The third kappa shape index (κ3) is 71.2. The van der Waals surface area contributed by atoms with Gasteiger partial charge < -0.3 is 33.8 Å². The minimum Gasteiger partial charge on any atom is -0.462 e. The van der Waals surface area contributed by atoms with Crippen LogP contribution in [-0.2, 0) is 65.4 Å². The number of aliphatic hydroxyl groups is 1. The molecule has 0 aromatic rings. The third-order valence-electron chi connectivity index (χ3n) is 17.0. The van der Waals surface area contributed by atoms with Crippen LogP contribution in [0.3, 0.4) is 0 Å². The van der Waals surface area contributed by atoms with E-state index in [1.807, 2.05) is 0 Å². The highest BCUT2D eigenvalue weighted by atomic mass is 31.2. The molecule has 0 aromatic carbocycles. The van der Waals surface area contributed by atoms with Crippen molar-refractivity contribution in [2.24, 2.45) is 0 Å². The predicted octanol–water partition coefficient (Wildman–Crippen LogP) is 22.7. The van der Waals surface area contributed by atoms with Crippen LogP contribution in [0.1, 0.15) is 362 Å². The van der Waals surface area contributed by atoms with Gasteiger partial charge in [0.15, 0.2) is 12.2 Å². The van der Waals surface area contributed by atoms with Crippen LogP contribution in [0.4, 0.5) is 0 Å². The Morgan fingerprint density at radius 1 is 0.286 bits per heavy atom. The van der Waals surface area contributed by atoms with Gasteiger partial charge in [0.05, 0.1) is 26.4 Å². The van der Waals surface area contributed by atoms with Gasteiger partial charge in [0, 0.05) is 25.7 Å². The van der Waals surface area contributed by atoms with Crippen LogP contribution in [-0.4, -0.2) is 96.7 Å². The summed E-state index contributed by atoms with van der Waals surface area (Å²) in [5.74, 6) is -2.18. The Morgan fingerprint density at radius 2 is 0.500 bits per heavy atom. The number of aliphatic hydroxyl groups excluding tert-OH is 1. The van der Waals surface area contributed by atoms with Gasteiger partial charge in [0.2, 0.25) is 0 Å². The first-order valence-electron chi connectivity index (χ1n) is 39.5. The molecule has 0 rings (SSSR count). The Hall–Kier alpha value is -3.24. The summed E-state index contributed by atoms with van der Waals surface area (Å²) >= 11 is 0. The highest BCUT2D eigenvalue weighted by Crippen LogP contribution is 2.45. The van der Waals surface area contributed by atoms with E-state index in [0.717, 1.165) is 154 Å². The number of esters is 4. The molecule has 17 nitrogen and oxygen atoms in total. The second kappa shape index (κ2) is 72.1. The van der Waals surface area contributed by atoms with Crippen molar-refractivity contribution in [2.45, 2.75) is 380 Å². The molecule has 0 aliphatic rings. The van der Waals surface area contributed by atoms with Crippen LogP contribution >= 0.6 is 15.6 Å². The maximum Gasteiger partial charge on any atom is 0.472 e. The molecular weight excluding hydrogens is 1280 g/mol. The molecular formula is C79H144O17P2. The first-order chi connectivity index (χ1) is 47.7. The lowest BCUT2D eigenvalue weighted by molar-refractivity contribution is -0.161. The topological polar surface area (TPSA) is 237 Å². The van der Waals surface area contributed by atoms with Gasteiger partial charge >= 0.3 is 39.5 Å². The predicted molar refractivity (Wildman–Crippen MR) is 400 cm³/mol. The average Bonchev–Trinajstić information content (AvgIpc) is 1.04. The summed E-state index contributed by atoms with van der Waals surface area (Å²) in [6.45, 7) is 4.83. The van der Waals surface area contributed by atoms with Crippen molar-refractivity contribution in [2.75, 3.05) is 39.6 Å². The molecule has 0 radical (unpaired) electrons. The van der Waals surface area contributed by atoms with Crippen LogP contribution in [0.25, 0.3) is 0 Å². The summed E-state index contributed by atoms with van der Waals surface area (Å²) in [7, 11) is -9.94. The number of phosphoric acid groups is 2. The number of carbonyl (C=O) groups is 4. The molecule has 572 valence electrons. The van der Waals surface area contributed by atoms with Crippen molar-refractivity contribution in [1.29, 1.82) is 0 Å². The van der Waals surface area contributed by atoms with Gasteiger partial charge in [-0.05, 0) is 116 Å². The van der Waals surface area contributed by atoms with E-state index in [0.29, 0.717) is 25.7 Å². The quantitative estimate of drug-likeness (QED) is 0.0169. The molecule has 19 heteroatoms. The van der Waals surface area contributed by atoms with Crippen molar-refractivity contribution < 1.29 is 80.2 Å². The second-order valence-corrected chi connectivity index (χ2v) is 29.6. The van der Waals surface area contributed by atoms with E-state index in [9.17, 15) is 43.2 Å². The fraction of sp³-hybridized carbons (Fsp3) is 0.823. The number of rotatable bonds is 75. The summed E-state index contributed by atoms with van der Waals surface area (Å²) in [5, 5.41) is 10.6. The maximum absolute atomic E-state index is 13.1. The average molecular weight is 1430 g/mol. The third-order valence-corrected chi connectivity index (χ3v) is 18.9. The second-order valence-electron chi connectivity index (χ2n) is 26.7. The molecule has 0 saturated heterocycles. The van der Waals surface area contributed by atoms with Crippen molar-refractivity contribution in [3.63, 3.8) is 0 Å². The standard InChI is InChI=1S/C79H144O17P2/c1-5-9-13-17-21-25-29-33-36-40-44-48-52-56-60-64-77(82)90-70-75(96-79(84)66-62-58-54-50-46-42-38-35-31-27-23-19-15-11-7-3)72-94-98(87,88)92-68-73(80)67-91-97(85,86)93-71-74(69-89-76(81)63-59-55-51-47-43-39-32-28-24-20-16-12-8-4)95-78(83)65-61-57-53-49-45-41-37-34-30-26-22-18-14-10-6-2/h21,23,25,27-28,32-33,35-36,38,73-75,80H,5-20,22,24,26,29-31,34,37,39-72H2,1-4H3,(H,85,86)(H,87,88)/b25-21-,27-23-,32-28-,36-33-,38-35-/t73-,74+,75+/m0/s1. The molecule has 0 bridgehead atoms. The molecule has 0 spiro atoms. The Bertz CT molecular complexity index is 2100. The van der Waals surface area contributed by atoms with Crippen LogP contribution < -0.4 is 0 Å². The number of unbranched alkanes of at least 4 members (excludes halogenated alkanes) is 39. The van der Waals surface area contributed by atoms with Crippen LogP contribution in [0, 0.1) is 0 Å². The molecule has 0 aliphatic heterocycles. The van der Waals surface area contributed by atoms with Gasteiger partial charge in [0.1, 0.15) is 19.3 Å². The number of phosphoric ester groups is 2. The molecule has 0 heterocycles. The lowest BCUT2D eigenvalue weighted by atomic mass is 10.0. The first-order valence-corrected chi connectivity index (χ1v) is 42.5. The first kappa shape index (κ1) is 94.8. The summed E-state index contributed by atoms with van der Waals surface area (Å²) < 4.78 is 68.5. The van der Waals surface area contributed by atoms with E-state index in [1.165, 1.54) is 128 Å². The summed E-state index contributed by atoms with van der Waals surface area (Å²) in [6.07, 6.45) is 70.5. The molecule has 0 amide bonds. The van der Waals surface area contributed by atoms with Gasteiger partial charge in [-0.25, -0.2) is 9.13 Å². The largest absolute Gasteiger partial charge is 0.472 e. The molecule has 2 unspecified atom stereocenters. The summed E-state index contributed by atoms with van der Waals surface area (Å²) in [4.78, 5) is 72.9. The van der Waals surface area contributed by atoms with Gasteiger partial charge in [-0.1, -0.05) is 281 Å². The number of carbonyl (C=O) groups excluding carboxylic acids is 4. The fourth-order valence-electron chi connectivity index (χ4n) is 10.9. The summed E-state index contributed by atoms with van der Waals surface area (Å²) in [5.41, 5.74) is 0. The normalized spacial score (nSPS) is 14.2. The van der Waals surface area contributed by atoms with Crippen molar-refractivity contribution >= 4 is 39.5 Å². The van der Waals surface area contributed by atoms with Crippen molar-refractivity contribution in [3.05, 3.63) is 60.8 Å². The number of hydrogen-bond acceptors (Lipinski definition) is 15. The Balaban J connectivity index is 5.34.